The van der Waals surface area contributed by atoms with Gasteiger partial charge >= 0.3 is 6.09 Å². The highest BCUT2D eigenvalue weighted by molar-refractivity contribution is 8.13. The topological polar surface area (TPSA) is 81.7 Å². The summed E-state index contributed by atoms with van der Waals surface area (Å²) in [6, 6.07) is 4.33. The van der Waals surface area contributed by atoms with Crippen LogP contribution in [-0.4, -0.2) is 34.8 Å². The zero-order chi connectivity index (χ0) is 14.0. The fraction of sp³-hybridized carbons (Fsp3) is 0.364. The Kier molecular flexibility index (Phi) is 3.86. The molecule has 1 heterocycles. The monoisotopic (exact) mass is 305 g/mol. The van der Waals surface area contributed by atoms with Gasteiger partial charge in [0.1, 0.15) is 12.4 Å². The molecule has 1 aromatic rings. The number of hydrogen-bond acceptors (Lipinski definition) is 5. The highest BCUT2D eigenvalue weighted by Gasteiger charge is 2.25. The van der Waals surface area contributed by atoms with E-state index in [1.54, 1.807) is 0 Å². The molecule has 1 aliphatic rings. The van der Waals surface area contributed by atoms with Crippen LogP contribution in [0.15, 0.2) is 23.1 Å². The predicted molar refractivity (Wildman–Crippen MR) is 68.1 cm³/mol. The molecule has 1 N–H and O–H groups in total. The Morgan fingerprint density at radius 1 is 1.47 bits per heavy atom. The summed E-state index contributed by atoms with van der Waals surface area (Å²) in [6.07, 6.45) is -0.490. The van der Waals surface area contributed by atoms with Gasteiger partial charge < -0.3 is 14.8 Å². The van der Waals surface area contributed by atoms with E-state index in [1.807, 2.05) is 0 Å². The predicted octanol–water partition coefficient (Wildman–Crippen LogP) is 1.45. The first kappa shape index (κ1) is 14.0. The van der Waals surface area contributed by atoms with Gasteiger partial charge in [-0.25, -0.2) is 13.2 Å². The van der Waals surface area contributed by atoms with Crippen LogP contribution in [0.25, 0.3) is 0 Å². The molecule has 1 atom stereocenters. The quantitative estimate of drug-likeness (QED) is 0.855. The Balaban J connectivity index is 2.39. The summed E-state index contributed by atoms with van der Waals surface area (Å²) < 4.78 is 32.8. The molecule has 1 amide bonds. The van der Waals surface area contributed by atoms with Crippen molar-refractivity contribution in [3.05, 3.63) is 23.8 Å². The molecule has 1 aliphatic heterocycles. The Morgan fingerprint density at radius 2 is 2.21 bits per heavy atom. The largest absolute Gasteiger partial charge is 0.496 e. The Morgan fingerprint density at radius 3 is 2.74 bits per heavy atom. The highest BCUT2D eigenvalue weighted by atomic mass is 35.7. The minimum Gasteiger partial charge on any atom is -0.496 e. The second-order valence-electron chi connectivity index (χ2n) is 4.02. The molecule has 0 saturated carbocycles. The first-order valence-electron chi connectivity index (χ1n) is 5.45. The SMILES string of the molecule is COc1ccc(S(=O)(=O)Cl)cc1C1CNC(=O)OC1. The number of halogens is 1. The van der Waals surface area contributed by atoms with Crippen molar-refractivity contribution in [3.8, 4) is 5.75 Å². The lowest BCUT2D eigenvalue weighted by atomic mass is 9.98. The summed E-state index contributed by atoms with van der Waals surface area (Å²) >= 11 is 0. The molecule has 19 heavy (non-hydrogen) atoms. The van der Waals surface area contributed by atoms with Crippen LogP contribution in [0.4, 0.5) is 4.79 Å². The smallest absolute Gasteiger partial charge is 0.407 e. The second kappa shape index (κ2) is 5.26. The first-order chi connectivity index (χ1) is 8.91. The van der Waals surface area contributed by atoms with Crippen LogP contribution in [0.3, 0.4) is 0 Å². The summed E-state index contributed by atoms with van der Waals surface area (Å²) in [6.45, 7) is 0.509. The van der Waals surface area contributed by atoms with Gasteiger partial charge in [0.25, 0.3) is 9.05 Å². The van der Waals surface area contributed by atoms with Gasteiger partial charge in [0, 0.05) is 28.7 Å². The number of carbonyl (C=O) groups is 1. The van der Waals surface area contributed by atoms with E-state index < -0.39 is 15.1 Å². The van der Waals surface area contributed by atoms with Gasteiger partial charge in [-0.15, -0.1) is 0 Å². The Labute approximate surface area is 115 Å². The van der Waals surface area contributed by atoms with E-state index in [4.69, 9.17) is 20.2 Å². The van der Waals surface area contributed by atoms with Crippen molar-refractivity contribution in [3.63, 3.8) is 0 Å². The van der Waals surface area contributed by atoms with E-state index in [-0.39, 0.29) is 17.4 Å². The van der Waals surface area contributed by atoms with E-state index >= 15 is 0 Å². The number of rotatable bonds is 3. The summed E-state index contributed by atoms with van der Waals surface area (Å²) in [7, 11) is 2.99. The number of nitrogens with one attached hydrogen (secondary N) is 1. The van der Waals surface area contributed by atoms with Crippen LogP contribution >= 0.6 is 10.7 Å². The van der Waals surface area contributed by atoms with Crippen LogP contribution < -0.4 is 10.1 Å². The van der Waals surface area contributed by atoms with Gasteiger partial charge in [-0.05, 0) is 18.2 Å². The third kappa shape index (κ3) is 3.10. The fourth-order valence-electron chi connectivity index (χ4n) is 1.88. The summed E-state index contributed by atoms with van der Waals surface area (Å²) in [5.41, 5.74) is 0.629. The number of methoxy groups -OCH3 is 1. The maximum atomic E-state index is 11.3. The molecule has 104 valence electrons. The van der Waals surface area contributed by atoms with Crippen molar-refractivity contribution in [1.29, 1.82) is 0 Å². The third-order valence-corrected chi connectivity index (χ3v) is 4.18. The standard InChI is InChI=1S/C11H12ClNO5S/c1-17-10-3-2-8(19(12,15)16)4-9(10)7-5-13-11(14)18-6-7/h2-4,7H,5-6H2,1H3,(H,13,14). The number of carbonyl (C=O) groups excluding carboxylic acids is 1. The van der Waals surface area contributed by atoms with Crippen LogP contribution in [0.5, 0.6) is 5.75 Å². The average molecular weight is 306 g/mol. The average Bonchev–Trinajstić information content (AvgIpc) is 2.38. The van der Waals surface area contributed by atoms with Gasteiger partial charge in [-0.3, -0.25) is 0 Å². The van der Waals surface area contributed by atoms with Gasteiger partial charge in [0.2, 0.25) is 0 Å². The Hall–Kier alpha value is -1.47. The summed E-state index contributed by atoms with van der Waals surface area (Å²) in [5, 5.41) is 2.54. The number of amides is 1. The van der Waals surface area contributed by atoms with E-state index in [1.165, 1.54) is 25.3 Å². The molecular formula is C11H12ClNO5S. The number of cyclic esters (lactones) is 1. The van der Waals surface area contributed by atoms with Crippen LogP contribution in [0, 0.1) is 0 Å². The maximum Gasteiger partial charge on any atom is 0.407 e. The minimum absolute atomic E-state index is 0.0122. The van der Waals surface area contributed by atoms with Crippen molar-refractivity contribution in [2.75, 3.05) is 20.3 Å². The molecule has 0 bridgehead atoms. The highest BCUT2D eigenvalue weighted by Crippen LogP contribution is 2.31. The normalized spacial score (nSPS) is 19.5. The lowest BCUT2D eigenvalue weighted by Gasteiger charge is -2.24. The number of benzene rings is 1. The van der Waals surface area contributed by atoms with E-state index in [2.05, 4.69) is 5.32 Å². The molecule has 1 unspecified atom stereocenters. The van der Waals surface area contributed by atoms with Crippen molar-refractivity contribution in [1.82, 2.24) is 5.32 Å². The molecular weight excluding hydrogens is 294 g/mol. The minimum atomic E-state index is -3.81. The molecule has 1 saturated heterocycles. The number of alkyl carbamates (subject to hydrolysis) is 1. The Bertz CT molecular complexity index is 591. The molecule has 1 fully saturated rings. The van der Waals surface area contributed by atoms with Gasteiger partial charge in [-0.1, -0.05) is 0 Å². The van der Waals surface area contributed by atoms with Crippen molar-refractivity contribution >= 4 is 25.8 Å². The molecule has 8 heteroatoms. The van der Waals surface area contributed by atoms with Crippen LogP contribution in [-0.2, 0) is 13.8 Å². The van der Waals surface area contributed by atoms with Gasteiger partial charge in [-0.2, -0.15) is 0 Å². The lowest BCUT2D eigenvalue weighted by molar-refractivity contribution is 0.119. The molecule has 0 aliphatic carbocycles. The molecule has 1 aromatic carbocycles. The molecule has 0 spiro atoms. The second-order valence-corrected chi connectivity index (χ2v) is 6.58. The maximum absolute atomic E-state index is 11.3. The first-order valence-corrected chi connectivity index (χ1v) is 7.76. The third-order valence-electron chi connectivity index (χ3n) is 2.83. The summed E-state index contributed by atoms with van der Waals surface area (Å²) in [5.74, 6) is 0.333. The van der Waals surface area contributed by atoms with Crippen LogP contribution in [0.2, 0.25) is 0 Å². The fourth-order valence-corrected chi connectivity index (χ4v) is 2.66. The van der Waals surface area contributed by atoms with Crippen molar-refractivity contribution in [2.45, 2.75) is 10.8 Å². The molecule has 2 rings (SSSR count). The zero-order valence-electron chi connectivity index (χ0n) is 10.1. The summed E-state index contributed by atoms with van der Waals surface area (Å²) in [4.78, 5) is 10.9. The lowest BCUT2D eigenvalue weighted by Crippen LogP contribution is -2.37. The van der Waals surface area contributed by atoms with E-state index in [0.717, 1.165) is 0 Å². The number of hydrogen-bond donors (Lipinski definition) is 1. The zero-order valence-corrected chi connectivity index (χ0v) is 11.6. The van der Waals surface area contributed by atoms with E-state index in [9.17, 15) is 13.2 Å². The van der Waals surface area contributed by atoms with E-state index in [0.29, 0.717) is 17.9 Å². The molecule has 0 aromatic heterocycles. The van der Waals surface area contributed by atoms with Gasteiger partial charge in [0.05, 0.1) is 12.0 Å². The molecule has 6 nitrogen and oxygen atoms in total. The molecule has 0 radical (unpaired) electrons. The van der Waals surface area contributed by atoms with Gasteiger partial charge in [0.15, 0.2) is 0 Å². The van der Waals surface area contributed by atoms with Crippen LogP contribution in [0.1, 0.15) is 11.5 Å². The number of ether oxygens (including phenoxy) is 2. The van der Waals surface area contributed by atoms with Crippen molar-refractivity contribution < 1.29 is 22.7 Å². The van der Waals surface area contributed by atoms with Crippen molar-refractivity contribution in [2.24, 2.45) is 0 Å².